The van der Waals surface area contributed by atoms with Gasteiger partial charge in [-0.1, -0.05) is 6.42 Å². The molecular formula is C18H26N4O4. The molecule has 0 aliphatic carbocycles. The number of unbranched alkanes of at least 4 members (excludes halogenated alkanes) is 2. The quantitative estimate of drug-likeness (QED) is 0.515. The maximum absolute atomic E-state index is 11.9. The molecule has 0 saturated carbocycles. The molecule has 0 aromatic carbocycles. The van der Waals surface area contributed by atoms with Crippen molar-refractivity contribution in [3.63, 3.8) is 0 Å². The third-order valence-electron chi connectivity index (χ3n) is 4.12. The predicted octanol–water partition coefficient (Wildman–Crippen LogP) is 2.70. The number of carbonyl (C=O) groups is 2. The van der Waals surface area contributed by atoms with Crippen LogP contribution in [0, 0.1) is 6.92 Å². The van der Waals surface area contributed by atoms with Crippen molar-refractivity contribution in [2.24, 2.45) is 0 Å². The van der Waals surface area contributed by atoms with Gasteiger partial charge in [-0.05, 0) is 46.1 Å². The number of carbonyl (C=O) groups excluding carboxylic acids is 1. The van der Waals surface area contributed by atoms with Crippen LogP contribution in [0.15, 0.2) is 12.3 Å². The summed E-state index contributed by atoms with van der Waals surface area (Å²) in [7, 11) is 0. The molecule has 2 aromatic heterocycles. The summed E-state index contributed by atoms with van der Waals surface area (Å²) in [6.07, 6.45) is 4.91. The van der Waals surface area contributed by atoms with Gasteiger partial charge in [0, 0.05) is 18.7 Å². The molecule has 8 nitrogen and oxygen atoms in total. The third-order valence-corrected chi connectivity index (χ3v) is 4.12. The Kier molecular flexibility index (Phi) is 6.94. The van der Waals surface area contributed by atoms with Gasteiger partial charge in [-0.2, -0.15) is 10.2 Å². The van der Waals surface area contributed by atoms with Crippen LogP contribution >= 0.6 is 0 Å². The Labute approximate surface area is 152 Å². The lowest BCUT2D eigenvalue weighted by Crippen LogP contribution is -2.13. The van der Waals surface area contributed by atoms with E-state index in [9.17, 15) is 14.7 Å². The Hall–Kier alpha value is -2.64. The molecule has 0 unspecified atom stereocenters. The number of hydrogen-bond acceptors (Lipinski definition) is 5. The zero-order valence-corrected chi connectivity index (χ0v) is 15.6. The Morgan fingerprint density at radius 3 is 2.62 bits per heavy atom. The van der Waals surface area contributed by atoms with Gasteiger partial charge in [0.2, 0.25) is 0 Å². The molecule has 0 spiro atoms. The molecule has 0 radical (unpaired) electrons. The van der Waals surface area contributed by atoms with Crippen LogP contribution in [0.5, 0.6) is 0 Å². The van der Waals surface area contributed by atoms with Gasteiger partial charge in [-0.15, -0.1) is 0 Å². The summed E-state index contributed by atoms with van der Waals surface area (Å²) < 4.78 is 8.25. The highest BCUT2D eigenvalue weighted by atomic mass is 16.5. The van der Waals surface area contributed by atoms with E-state index in [0.717, 1.165) is 30.5 Å². The molecule has 2 rings (SSSR count). The van der Waals surface area contributed by atoms with Crippen LogP contribution in [0.3, 0.4) is 0 Å². The van der Waals surface area contributed by atoms with Crippen molar-refractivity contribution in [2.75, 3.05) is 6.61 Å². The fourth-order valence-electron chi connectivity index (χ4n) is 2.93. The van der Waals surface area contributed by atoms with Gasteiger partial charge >= 0.3 is 11.9 Å². The summed E-state index contributed by atoms with van der Waals surface area (Å²) in [4.78, 5) is 23.3. The average molecular weight is 362 g/mol. The number of carboxylic acid groups (broad SMARTS) is 1. The van der Waals surface area contributed by atoms with Gasteiger partial charge in [0.25, 0.3) is 0 Å². The van der Waals surface area contributed by atoms with E-state index in [1.165, 1.54) is 4.68 Å². The first-order valence-corrected chi connectivity index (χ1v) is 8.97. The minimum Gasteiger partial charge on any atom is -0.477 e. The number of aromatic nitrogens is 4. The van der Waals surface area contributed by atoms with E-state index in [4.69, 9.17) is 4.74 Å². The van der Waals surface area contributed by atoms with Crippen molar-refractivity contribution in [3.8, 4) is 0 Å². The van der Waals surface area contributed by atoms with Gasteiger partial charge in [0.05, 0.1) is 18.5 Å². The Bertz CT molecular complexity index is 763. The summed E-state index contributed by atoms with van der Waals surface area (Å²) in [5.41, 5.74) is 2.30. The van der Waals surface area contributed by atoms with E-state index in [0.29, 0.717) is 31.8 Å². The number of aryl methyl sites for hydroxylation is 4. The average Bonchev–Trinajstić information content (AvgIpc) is 3.18. The number of hydrogen-bond donors (Lipinski definition) is 1. The van der Waals surface area contributed by atoms with E-state index in [-0.39, 0.29) is 11.7 Å². The summed E-state index contributed by atoms with van der Waals surface area (Å²) in [6, 6.07) is 1.73. The van der Waals surface area contributed by atoms with Gasteiger partial charge in [0.15, 0.2) is 0 Å². The number of rotatable bonds is 10. The fourth-order valence-corrected chi connectivity index (χ4v) is 2.93. The van der Waals surface area contributed by atoms with Gasteiger partial charge < -0.3 is 9.84 Å². The second-order valence-corrected chi connectivity index (χ2v) is 6.06. The van der Waals surface area contributed by atoms with Crippen LogP contribution in [0.2, 0.25) is 0 Å². The lowest BCUT2D eigenvalue weighted by Gasteiger charge is -2.07. The number of aromatic carboxylic acids is 1. The molecule has 0 fully saturated rings. The molecule has 26 heavy (non-hydrogen) atoms. The molecule has 8 heteroatoms. The van der Waals surface area contributed by atoms with Crippen LogP contribution < -0.4 is 0 Å². The highest BCUT2D eigenvalue weighted by molar-refractivity contribution is 5.88. The first kappa shape index (κ1) is 19.7. The molecule has 0 aliphatic rings. The second kappa shape index (κ2) is 9.17. The van der Waals surface area contributed by atoms with Crippen molar-refractivity contribution in [3.05, 3.63) is 34.9 Å². The zero-order chi connectivity index (χ0) is 19.1. The maximum atomic E-state index is 11.9. The Morgan fingerprint density at radius 1 is 1.19 bits per heavy atom. The molecule has 0 aliphatic heterocycles. The molecule has 0 bridgehead atoms. The normalized spacial score (nSPS) is 10.9. The van der Waals surface area contributed by atoms with Crippen molar-refractivity contribution in [1.82, 2.24) is 19.6 Å². The second-order valence-electron chi connectivity index (χ2n) is 6.06. The molecule has 0 saturated heterocycles. The number of ether oxygens (including phenoxy) is 1. The van der Waals surface area contributed by atoms with E-state index in [1.807, 2.05) is 13.8 Å². The van der Waals surface area contributed by atoms with Crippen LogP contribution in [-0.2, 0) is 24.2 Å². The minimum atomic E-state index is -0.939. The SMILES string of the molecule is CCOC(=O)c1cc(C)nn1CCCCCc1cnn(CC)c1C(=O)O. The van der Waals surface area contributed by atoms with Crippen LogP contribution in [0.1, 0.15) is 65.3 Å². The molecule has 1 N–H and O–H groups in total. The van der Waals surface area contributed by atoms with E-state index < -0.39 is 5.97 Å². The molecule has 2 aromatic rings. The topological polar surface area (TPSA) is 99.2 Å². The lowest BCUT2D eigenvalue weighted by molar-refractivity contribution is 0.0511. The number of carboxylic acids is 1. The van der Waals surface area contributed by atoms with Crippen molar-refractivity contribution in [1.29, 1.82) is 0 Å². The van der Waals surface area contributed by atoms with Gasteiger partial charge in [-0.3, -0.25) is 9.36 Å². The summed E-state index contributed by atoms with van der Waals surface area (Å²) >= 11 is 0. The summed E-state index contributed by atoms with van der Waals surface area (Å²) in [5, 5.41) is 17.8. The van der Waals surface area contributed by atoms with Gasteiger partial charge in [-0.25, -0.2) is 9.59 Å². The van der Waals surface area contributed by atoms with Gasteiger partial charge in [0.1, 0.15) is 11.4 Å². The monoisotopic (exact) mass is 362 g/mol. The number of nitrogens with zero attached hydrogens (tertiary/aromatic N) is 4. The van der Waals surface area contributed by atoms with Crippen LogP contribution in [0.25, 0.3) is 0 Å². The van der Waals surface area contributed by atoms with Crippen LogP contribution in [0.4, 0.5) is 0 Å². The van der Waals surface area contributed by atoms with Crippen molar-refractivity contribution >= 4 is 11.9 Å². The standard InChI is InChI=1S/C18H26N4O4/c1-4-21-16(17(23)24)14(12-19-21)9-7-6-8-10-22-15(11-13(3)20-22)18(25)26-5-2/h11-12H,4-10H2,1-3H3,(H,23,24). The third kappa shape index (κ3) is 4.71. The summed E-state index contributed by atoms with van der Waals surface area (Å²) in [5.74, 6) is -1.29. The Balaban J connectivity index is 1.86. The van der Waals surface area contributed by atoms with Crippen molar-refractivity contribution in [2.45, 2.75) is 59.5 Å². The highest BCUT2D eigenvalue weighted by Gasteiger charge is 2.17. The first-order valence-electron chi connectivity index (χ1n) is 8.97. The molecule has 0 amide bonds. The van der Waals surface area contributed by atoms with E-state index in [1.54, 1.807) is 23.9 Å². The summed E-state index contributed by atoms with van der Waals surface area (Å²) in [6.45, 7) is 6.99. The fraction of sp³-hybridized carbons (Fsp3) is 0.556. The van der Waals surface area contributed by atoms with Crippen LogP contribution in [-0.4, -0.2) is 43.2 Å². The molecule has 0 atom stereocenters. The molecular weight excluding hydrogens is 336 g/mol. The molecule has 2 heterocycles. The lowest BCUT2D eigenvalue weighted by atomic mass is 10.1. The first-order chi connectivity index (χ1) is 12.5. The maximum Gasteiger partial charge on any atom is 0.356 e. The molecule has 142 valence electrons. The Morgan fingerprint density at radius 2 is 1.96 bits per heavy atom. The largest absolute Gasteiger partial charge is 0.477 e. The predicted molar refractivity (Wildman–Crippen MR) is 95.3 cm³/mol. The van der Waals surface area contributed by atoms with E-state index in [2.05, 4.69) is 10.2 Å². The van der Waals surface area contributed by atoms with Crippen molar-refractivity contribution < 1.29 is 19.4 Å². The highest BCUT2D eigenvalue weighted by Crippen LogP contribution is 2.14. The van der Waals surface area contributed by atoms with E-state index >= 15 is 0 Å². The zero-order valence-electron chi connectivity index (χ0n) is 15.6. The smallest absolute Gasteiger partial charge is 0.356 e. The number of esters is 1. The minimum absolute atomic E-state index is 0.278.